The van der Waals surface area contributed by atoms with E-state index >= 15 is 0 Å². The van der Waals surface area contributed by atoms with Crippen LogP contribution in [0.25, 0.3) is 0 Å². The van der Waals surface area contributed by atoms with Crippen molar-refractivity contribution in [2.45, 2.75) is 81.5 Å². The molecular weight excluding hydrogens is 460 g/mol. The molecule has 2 aromatic carbocycles. The van der Waals surface area contributed by atoms with Crippen molar-refractivity contribution in [3.63, 3.8) is 0 Å². The number of rotatable bonds is 9. The van der Waals surface area contributed by atoms with Gasteiger partial charge in [-0.25, -0.2) is 0 Å². The highest BCUT2D eigenvalue weighted by atomic mass is 28.4. The van der Waals surface area contributed by atoms with E-state index in [0.29, 0.717) is 19.4 Å². The van der Waals surface area contributed by atoms with Gasteiger partial charge in [0.1, 0.15) is 11.7 Å². The molecule has 0 bridgehead atoms. The van der Waals surface area contributed by atoms with Crippen LogP contribution in [0.15, 0.2) is 60.7 Å². The average Bonchev–Trinajstić information content (AvgIpc) is 3.26. The molecule has 2 aliphatic rings. The molecule has 2 heterocycles. The third kappa shape index (κ3) is 5.14. The van der Waals surface area contributed by atoms with Gasteiger partial charge < -0.3 is 29.2 Å². The first-order valence-corrected chi connectivity index (χ1v) is 14.6. The summed E-state index contributed by atoms with van der Waals surface area (Å²) in [4.78, 5) is 0. The van der Waals surface area contributed by atoms with Gasteiger partial charge in [-0.05, 0) is 34.7 Å². The van der Waals surface area contributed by atoms with Crippen molar-refractivity contribution in [1.82, 2.24) is 0 Å². The van der Waals surface area contributed by atoms with Gasteiger partial charge in [0.05, 0.1) is 31.5 Å². The maximum absolute atomic E-state index is 10.2. The maximum Gasteiger partial charge on any atom is 0.261 e. The summed E-state index contributed by atoms with van der Waals surface area (Å²) < 4.78 is 19.4. The van der Waals surface area contributed by atoms with Crippen molar-refractivity contribution >= 4 is 18.7 Å². The second-order valence-electron chi connectivity index (χ2n) is 11.0. The third-order valence-electron chi connectivity index (χ3n) is 7.68. The minimum absolute atomic E-state index is 0.0646. The highest BCUT2D eigenvalue weighted by molar-refractivity contribution is 6.99. The van der Waals surface area contributed by atoms with Gasteiger partial charge >= 0.3 is 0 Å². The molecule has 0 amide bonds. The van der Waals surface area contributed by atoms with Gasteiger partial charge in [-0.1, -0.05) is 81.4 Å². The molecule has 2 aliphatic heterocycles. The van der Waals surface area contributed by atoms with E-state index in [1.807, 2.05) is 12.1 Å². The molecule has 0 radical (unpaired) electrons. The summed E-state index contributed by atoms with van der Waals surface area (Å²) in [5, 5.41) is 32.1. The molecule has 0 aromatic heterocycles. The summed E-state index contributed by atoms with van der Waals surface area (Å²) in [7, 11) is -2.61. The van der Waals surface area contributed by atoms with E-state index in [1.54, 1.807) is 0 Å². The van der Waals surface area contributed by atoms with Crippen LogP contribution in [0.1, 0.15) is 46.5 Å². The Labute approximate surface area is 210 Å². The van der Waals surface area contributed by atoms with Crippen LogP contribution < -0.4 is 10.4 Å². The number of benzene rings is 2. The highest BCUT2D eigenvalue weighted by Gasteiger charge is 2.54. The van der Waals surface area contributed by atoms with E-state index in [0.717, 1.165) is 12.8 Å². The lowest BCUT2D eigenvalue weighted by atomic mass is 9.86. The Morgan fingerprint density at radius 1 is 1.00 bits per heavy atom. The Morgan fingerprint density at radius 2 is 1.60 bits per heavy atom. The Balaban J connectivity index is 1.52. The second-order valence-corrected chi connectivity index (χ2v) is 15.3. The molecule has 2 unspecified atom stereocenters. The quantitative estimate of drug-likeness (QED) is 0.458. The molecule has 2 saturated heterocycles. The summed E-state index contributed by atoms with van der Waals surface area (Å²) in [5.41, 5.74) is -0.832. The number of aliphatic hydroxyl groups excluding tert-OH is 3. The van der Waals surface area contributed by atoms with Gasteiger partial charge in [0, 0.05) is 13.0 Å². The molecule has 35 heavy (non-hydrogen) atoms. The Morgan fingerprint density at radius 3 is 2.11 bits per heavy atom. The summed E-state index contributed by atoms with van der Waals surface area (Å²) in [6.07, 6.45) is 0.817. The van der Waals surface area contributed by atoms with E-state index in [9.17, 15) is 15.3 Å². The fourth-order valence-electron chi connectivity index (χ4n) is 5.89. The third-order valence-corrected chi connectivity index (χ3v) is 12.7. The Hall–Kier alpha value is -1.58. The van der Waals surface area contributed by atoms with E-state index in [4.69, 9.17) is 13.9 Å². The standard InChI is InChI=1S/C28H40O6Si/c1-27(2,3)35(22-10-6-4-7-11-22,23-12-8-5-9-13-23)32-17-16-21-14-15-26-28(20-30,34-21)18-25(33-26)24(31)19-29/h4-13,21,24-26,29-31H,14-20H2,1-3H3/t21-,24-,25-,26?,28?/m1/s1. The molecule has 7 heteroatoms. The van der Waals surface area contributed by atoms with Crippen molar-refractivity contribution in [3.05, 3.63) is 60.7 Å². The molecule has 2 aromatic rings. The average molecular weight is 501 g/mol. The Bertz CT molecular complexity index is 894. The summed E-state index contributed by atoms with van der Waals surface area (Å²) >= 11 is 0. The molecule has 6 nitrogen and oxygen atoms in total. The predicted octanol–water partition coefficient (Wildman–Crippen LogP) is 2.37. The van der Waals surface area contributed by atoms with Crippen molar-refractivity contribution in [2.75, 3.05) is 19.8 Å². The van der Waals surface area contributed by atoms with Crippen LogP contribution in [0.5, 0.6) is 0 Å². The first-order valence-electron chi connectivity index (χ1n) is 12.7. The van der Waals surface area contributed by atoms with Crippen LogP contribution in [-0.2, 0) is 13.9 Å². The van der Waals surface area contributed by atoms with Crippen molar-refractivity contribution in [1.29, 1.82) is 0 Å². The topological polar surface area (TPSA) is 88.4 Å². The predicted molar refractivity (Wildman–Crippen MR) is 138 cm³/mol. The van der Waals surface area contributed by atoms with E-state index in [-0.39, 0.29) is 30.5 Å². The van der Waals surface area contributed by atoms with E-state index in [1.165, 1.54) is 10.4 Å². The molecule has 3 N–H and O–H groups in total. The highest BCUT2D eigenvalue weighted by Crippen LogP contribution is 2.43. The molecule has 0 saturated carbocycles. The fourth-order valence-corrected chi connectivity index (χ4v) is 10.5. The first-order chi connectivity index (χ1) is 16.8. The molecular formula is C28H40O6Si. The lowest BCUT2D eigenvalue weighted by molar-refractivity contribution is -0.186. The van der Waals surface area contributed by atoms with Gasteiger partial charge in [-0.3, -0.25) is 0 Å². The van der Waals surface area contributed by atoms with Gasteiger partial charge in [-0.15, -0.1) is 0 Å². The Kier molecular flexibility index (Phi) is 8.17. The molecule has 0 aliphatic carbocycles. The maximum atomic E-state index is 10.2. The van der Waals surface area contributed by atoms with E-state index < -0.39 is 26.1 Å². The summed E-state index contributed by atoms with van der Waals surface area (Å²) in [6.45, 7) is 6.82. The van der Waals surface area contributed by atoms with Crippen LogP contribution in [0, 0.1) is 0 Å². The largest absolute Gasteiger partial charge is 0.407 e. The molecule has 5 atom stereocenters. The summed E-state index contributed by atoms with van der Waals surface area (Å²) in [5.74, 6) is 0. The van der Waals surface area contributed by atoms with Crippen molar-refractivity contribution < 1.29 is 29.2 Å². The lowest BCUT2D eigenvalue weighted by Gasteiger charge is -2.44. The van der Waals surface area contributed by atoms with Crippen LogP contribution in [-0.4, -0.2) is 73.5 Å². The zero-order chi connectivity index (χ0) is 25.1. The zero-order valence-corrected chi connectivity index (χ0v) is 22.1. The van der Waals surface area contributed by atoms with Gasteiger partial charge in [-0.2, -0.15) is 0 Å². The van der Waals surface area contributed by atoms with Crippen LogP contribution >= 0.6 is 0 Å². The first kappa shape index (κ1) is 26.5. The minimum Gasteiger partial charge on any atom is -0.407 e. The molecule has 4 rings (SSSR count). The van der Waals surface area contributed by atoms with Crippen molar-refractivity contribution in [2.24, 2.45) is 0 Å². The fraction of sp³-hybridized carbons (Fsp3) is 0.571. The minimum atomic E-state index is -2.61. The van der Waals surface area contributed by atoms with E-state index in [2.05, 4.69) is 69.3 Å². The SMILES string of the molecule is CC(C)(C)[Si](OCC[C@H]1CCC2O[C@@H]([C@H](O)CO)CC2(CO)O1)(c1ccccc1)c1ccccc1. The molecule has 0 spiro atoms. The normalized spacial score (nSPS) is 28.0. The number of hydrogen-bond acceptors (Lipinski definition) is 6. The van der Waals surface area contributed by atoms with Gasteiger partial charge in [0.2, 0.25) is 0 Å². The molecule has 2 fully saturated rings. The number of fused-ring (bicyclic) bond motifs is 1. The number of ether oxygens (including phenoxy) is 2. The number of aliphatic hydroxyl groups is 3. The molecule has 192 valence electrons. The zero-order valence-electron chi connectivity index (χ0n) is 21.1. The lowest BCUT2D eigenvalue weighted by Crippen LogP contribution is -2.66. The van der Waals surface area contributed by atoms with Crippen LogP contribution in [0.3, 0.4) is 0 Å². The monoisotopic (exact) mass is 500 g/mol. The number of hydrogen-bond donors (Lipinski definition) is 3. The van der Waals surface area contributed by atoms with Gasteiger partial charge in [0.25, 0.3) is 8.32 Å². The van der Waals surface area contributed by atoms with Crippen LogP contribution in [0.4, 0.5) is 0 Å². The summed E-state index contributed by atoms with van der Waals surface area (Å²) in [6, 6.07) is 21.2. The smallest absolute Gasteiger partial charge is 0.261 e. The van der Waals surface area contributed by atoms with Crippen LogP contribution in [0.2, 0.25) is 5.04 Å². The second kappa shape index (κ2) is 10.8. The van der Waals surface area contributed by atoms with Gasteiger partial charge in [0.15, 0.2) is 0 Å². The van der Waals surface area contributed by atoms with Crippen molar-refractivity contribution in [3.8, 4) is 0 Å².